The number of nitrogens with one attached hydrogen (secondary N) is 1. The molecule has 3 aliphatic heterocycles. The van der Waals surface area contributed by atoms with E-state index in [0.29, 0.717) is 31.4 Å². The van der Waals surface area contributed by atoms with Crippen molar-refractivity contribution in [3.8, 4) is 0 Å². The van der Waals surface area contributed by atoms with Crippen LogP contribution >= 0.6 is 0 Å². The van der Waals surface area contributed by atoms with Gasteiger partial charge in [0.15, 0.2) is 0 Å². The molecular formula is C32H52N4O3. The fourth-order valence-corrected chi connectivity index (χ4v) is 7.00. The molecule has 5 rings (SSSR count). The summed E-state index contributed by atoms with van der Waals surface area (Å²) in [6, 6.07) is 2.82. The minimum absolute atomic E-state index is 0.00729. The van der Waals surface area contributed by atoms with Crippen LogP contribution in [0.4, 0.5) is 0 Å². The molecular weight excluding hydrogens is 488 g/mol. The van der Waals surface area contributed by atoms with Crippen molar-refractivity contribution >= 4 is 17.9 Å². The summed E-state index contributed by atoms with van der Waals surface area (Å²) in [6.45, 7) is 12.1. The van der Waals surface area contributed by atoms with Gasteiger partial charge in [0.2, 0.25) is 5.91 Å². The Morgan fingerprint density at radius 1 is 1.05 bits per heavy atom. The van der Waals surface area contributed by atoms with Crippen LogP contribution in [0.25, 0.3) is 6.08 Å². The fraction of sp³-hybridized carbons (Fsp3) is 0.750. The van der Waals surface area contributed by atoms with Gasteiger partial charge in [0, 0.05) is 43.4 Å². The highest BCUT2D eigenvalue weighted by atomic mass is 16.3. The number of carbonyl (C=O) groups excluding carboxylic acids is 2. The first-order valence-electron chi connectivity index (χ1n) is 15.9. The number of rotatable bonds is 7. The number of piperazine rings is 1. The van der Waals surface area contributed by atoms with Crippen LogP contribution in [0.3, 0.4) is 0 Å². The number of furan rings is 1. The molecule has 1 aromatic rings. The zero-order valence-corrected chi connectivity index (χ0v) is 25.0. The second kappa shape index (κ2) is 13.9. The number of likely N-dealkylation sites (tertiary alicyclic amines) is 1. The first-order chi connectivity index (χ1) is 19.0. The van der Waals surface area contributed by atoms with Crippen molar-refractivity contribution in [2.45, 2.75) is 129 Å². The normalized spacial score (nSPS) is 26.4. The van der Waals surface area contributed by atoms with E-state index in [4.69, 9.17) is 4.42 Å². The van der Waals surface area contributed by atoms with E-state index < -0.39 is 5.54 Å². The first kappa shape index (κ1) is 29.7. The van der Waals surface area contributed by atoms with E-state index in [1.54, 1.807) is 6.26 Å². The van der Waals surface area contributed by atoms with Gasteiger partial charge in [0.05, 0.1) is 12.8 Å². The van der Waals surface area contributed by atoms with Crippen LogP contribution in [0.2, 0.25) is 0 Å². The smallest absolute Gasteiger partial charge is 0.271 e. The van der Waals surface area contributed by atoms with Crippen molar-refractivity contribution < 1.29 is 14.0 Å². The Hall–Kier alpha value is -2.28. The molecule has 1 N–H and O–H groups in total. The van der Waals surface area contributed by atoms with Crippen molar-refractivity contribution in [2.24, 2.45) is 0 Å². The van der Waals surface area contributed by atoms with Crippen LogP contribution in [0.5, 0.6) is 0 Å². The maximum Gasteiger partial charge on any atom is 0.271 e. The van der Waals surface area contributed by atoms with Gasteiger partial charge in [0.25, 0.3) is 5.91 Å². The average Bonchev–Trinajstić information content (AvgIpc) is 3.40. The molecule has 4 heterocycles. The highest BCUT2D eigenvalue weighted by Gasteiger charge is 2.50. The van der Waals surface area contributed by atoms with Crippen LogP contribution in [-0.4, -0.2) is 70.3 Å². The maximum absolute atomic E-state index is 14.0. The lowest BCUT2D eigenvalue weighted by atomic mass is 9.89. The fourth-order valence-electron chi connectivity index (χ4n) is 7.00. The van der Waals surface area contributed by atoms with Crippen LogP contribution in [0, 0.1) is 0 Å². The molecule has 218 valence electrons. The lowest BCUT2D eigenvalue weighted by Crippen LogP contribution is -2.69. The highest BCUT2D eigenvalue weighted by molar-refractivity contribution is 6.03. The van der Waals surface area contributed by atoms with E-state index >= 15 is 0 Å². The molecule has 1 aliphatic carbocycles. The van der Waals surface area contributed by atoms with Crippen LogP contribution < -0.4 is 5.32 Å². The van der Waals surface area contributed by atoms with Gasteiger partial charge in [-0.1, -0.05) is 59.3 Å². The topological polar surface area (TPSA) is 69.0 Å². The summed E-state index contributed by atoms with van der Waals surface area (Å²) in [5.41, 5.74) is 0.830. The Bertz CT molecular complexity index is 980. The first-order valence-corrected chi connectivity index (χ1v) is 15.9. The monoisotopic (exact) mass is 540 g/mol. The quantitative estimate of drug-likeness (QED) is 0.463. The van der Waals surface area contributed by atoms with Gasteiger partial charge in [-0.2, -0.15) is 0 Å². The molecule has 2 unspecified atom stereocenters. The second-order valence-corrected chi connectivity index (χ2v) is 11.9. The number of nitrogens with zero attached hydrogens (tertiary/aromatic N) is 3. The summed E-state index contributed by atoms with van der Waals surface area (Å²) < 4.78 is 5.64. The lowest BCUT2D eigenvalue weighted by molar-refractivity contribution is -0.152. The van der Waals surface area contributed by atoms with Gasteiger partial charge in [-0.05, 0) is 58.1 Å². The SMILES string of the molecule is CC.CCC1CCCCN1CCCN1C(=O)C2=Cc3occc3CN2CC1(C)C(=O)NC1CCCCCCC1. The molecule has 1 aromatic heterocycles. The van der Waals surface area contributed by atoms with E-state index in [0.717, 1.165) is 43.7 Å². The molecule has 0 radical (unpaired) electrons. The maximum atomic E-state index is 14.0. The third kappa shape index (κ3) is 6.72. The molecule has 1 saturated carbocycles. The number of carbonyl (C=O) groups is 2. The molecule has 3 fully saturated rings. The minimum atomic E-state index is -0.899. The molecule has 7 nitrogen and oxygen atoms in total. The Labute approximate surface area is 236 Å². The third-order valence-electron chi connectivity index (χ3n) is 9.29. The number of hydrogen-bond acceptors (Lipinski definition) is 5. The third-order valence-corrected chi connectivity index (χ3v) is 9.29. The van der Waals surface area contributed by atoms with Crippen molar-refractivity contribution in [3.05, 3.63) is 29.4 Å². The second-order valence-electron chi connectivity index (χ2n) is 11.9. The Kier molecular flexibility index (Phi) is 10.6. The van der Waals surface area contributed by atoms with E-state index in [9.17, 15) is 9.59 Å². The van der Waals surface area contributed by atoms with Gasteiger partial charge in [0.1, 0.15) is 17.0 Å². The van der Waals surface area contributed by atoms with E-state index in [1.165, 1.54) is 57.8 Å². The predicted molar refractivity (Wildman–Crippen MR) is 157 cm³/mol. The number of hydrogen-bond donors (Lipinski definition) is 1. The average molecular weight is 541 g/mol. The predicted octanol–water partition coefficient (Wildman–Crippen LogP) is 5.95. The van der Waals surface area contributed by atoms with Gasteiger partial charge < -0.3 is 24.4 Å². The van der Waals surface area contributed by atoms with Crippen molar-refractivity contribution in [1.82, 2.24) is 20.0 Å². The van der Waals surface area contributed by atoms with Gasteiger partial charge >= 0.3 is 0 Å². The van der Waals surface area contributed by atoms with E-state index in [-0.39, 0.29) is 17.9 Å². The summed E-state index contributed by atoms with van der Waals surface area (Å²) in [4.78, 5) is 34.6. The number of piperidine rings is 1. The Morgan fingerprint density at radius 2 is 1.77 bits per heavy atom. The molecule has 2 atom stereocenters. The zero-order chi connectivity index (χ0) is 27.8. The molecule has 39 heavy (non-hydrogen) atoms. The molecule has 0 bridgehead atoms. The van der Waals surface area contributed by atoms with Gasteiger partial charge in [-0.15, -0.1) is 0 Å². The summed E-state index contributed by atoms with van der Waals surface area (Å²) in [5, 5.41) is 3.41. The molecule has 2 saturated heterocycles. The zero-order valence-electron chi connectivity index (χ0n) is 25.0. The van der Waals surface area contributed by atoms with Crippen molar-refractivity contribution in [3.63, 3.8) is 0 Å². The Morgan fingerprint density at radius 3 is 2.51 bits per heavy atom. The van der Waals surface area contributed by atoms with Gasteiger partial charge in [-0.25, -0.2) is 0 Å². The van der Waals surface area contributed by atoms with Crippen LogP contribution in [0.1, 0.15) is 116 Å². The summed E-state index contributed by atoms with van der Waals surface area (Å²) >= 11 is 0. The number of amides is 2. The van der Waals surface area contributed by atoms with Crippen molar-refractivity contribution in [2.75, 3.05) is 26.2 Å². The molecule has 4 aliphatic rings. The van der Waals surface area contributed by atoms with E-state index in [2.05, 4.69) is 22.0 Å². The molecule has 7 heteroatoms. The lowest BCUT2D eigenvalue weighted by Gasteiger charge is -2.50. The number of fused-ring (bicyclic) bond motifs is 2. The van der Waals surface area contributed by atoms with Crippen LogP contribution in [-0.2, 0) is 16.1 Å². The largest absolute Gasteiger partial charge is 0.465 e. The standard InChI is InChI=1S/C30H46N4O3.C2H6/c1-3-25-14-9-10-16-32(25)17-11-18-34-28(35)26-20-27-23(15-19-37-27)21-33(26)22-30(34,2)29(36)31-24-12-7-5-4-6-8-13-24;1-2/h15,19-20,24-25H,3-14,16-18,21-22H2,1-2H3,(H,31,36);1-2H3. The van der Waals surface area contributed by atoms with Crippen LogP contribution in [0.15, 0.2) is 22.4 Å². The molecule has 0 spiro atoms. The minimum Gasteiger partial charge on any atom is -0.465 e. The van der Waals surface area contributed by atoms with Gasteiger partial charge in [-0.3, -0.25) is 9.59 Å². The highest BCUT2D eigenvalue weighted by Crippen LogP contribution is 2.35. The molecule has 0 aromatic carbocycles. The Balaban J connectivity index is 0.00000172. The van der Waals surface area contributed by atoms with Crippen molar-refractivity contribution in [1.29, 1.82) is 0 Å². The van der Waals surface area contributed by atoms with E-state index in [1.807, 2.05) is 37.8 Å². The molecule has 2 amide bonds. The summed E-state index contributed by atoms with van der Waals surface area (Å²) in [6.07, 6.45) is 17.7. The summed E-state index contributed by atoms with van der Waals surface area (Å²) in [5.74, 6) is 0.725. The summed E-state index contributed by atoms with van der Waals surface area (Å²) in [7, 11) is 0.